The fourth-order valence-corrected chi connectivity index (χ4v) is 12.1. The van der Waals surface area contributed by atoms with Crippen LogP contribution in [0.5, 0.6) is 11.5 Å². The zero-order valence-electron chi connectivity index (χ0n) is 49.1. The largest absolute Gasteiger partial charge is 0.458 e. The molecule has 0 fully saturated rings. The van der Waals surface area contributed by atoms with Crippen molar-refractivity contribution in [2.24, 2.45) is 0 Å². The highest BCUT2D eigenvalue weighted by atomic mass is 16.5. The smallest absolute Gasteiger partial charge is 0.269 e. The van der Waals surface area contributed by atoms with Gasteiger partial charge in [0.1, 0.15) is 17.3 Å². The van der Waals surface area contributed by atoms with Crippen LogP contribution in [-0.4, -0.2) is 18.7 Å². The molecular formula is C72H53N5O. The summed E-state index contributed by atoms with van der Waals surface area (Å²) < 4.78 is 69.2. The van der Waals surface area contributed by atoms with Crippen LogP contribution in [0.3, 0.4) is 0 Å². The van der Waals surface area contributed by atoms with Gasteiger partial charge in [0.25, 0.3) is 6.33 Å². The van der Waals surface area contributed by atoms with E-state index in [1.165, 1.54) is 23.8 Å². The zero-order chi connectivity index (χ0) is 57.4. The minimum Gasteiger partial charge on any atom is -0.458 e. The van der Waals surface area contributed by atoms with E-state index in [1.807, 2.05) is 57.8 Å². The second-order valence-corrected chi connectivity index (χ2v) is 21.3. The molecule has 0 N–H and O–H groups in total. The van der Waals surface area contributed by atoms with Gasteiger partial charge >= 0.3 is 0 Å². The summed E-state index contributed by atoms with van der Waals surface area (Å²) in [5.74, 6) is 2.06. The summed E-state index contributed by atoms with van der Waals surface area (Å²) >= 11 is 0. The summed E-state index contributed by atoms with van der Waals surface area (Å²) in [4.78, 5) is 4.90. The van der Waals surface area contributed by atoms with Gasteiger partial charge < -0.3 is 9.30 Å². The molecule has 78 heavy (non-hydrogen) atoms. The number of nitrogens with zero attached hydrogens (tertiary/aromatic N) is 5. The van der Waals surface area contributed by atoms with Crippen molar-refractivity contribution in [2.45, 2.75) is 39.9 Å². The molecule has 5 heterocycles. The number of fused-ring (bicyclic) bond motifs is 13. The molecule has 0 atom stereocenters. The molecular weight excluding hydrogens is 951 g/mol. The van der Waals surface area contributed by atoms with Crippen molar-refractivity contribution in [3.63, 3.8) is 0 Å². The molecule has 0 saturated carbocycles. The molecule has 15 rings (SSSR count). The number of pyridine rings is 1. The number of imidazole rings is 1. The summed E-state index contributed by atoms with van der Waals surface area (Å²) in [6.07, 6.45) is 5.71. The van der Waals surface area contributed by atoms with Gasteiger partial charge in [-0.05, 0) is 153 Å². The summed E-state index contributed by atoms with van der Waals surface area (Å²) in [6, 6.07) is 75.3. The Balaban J connectivity index is 0.972. The van der Waals surface area contributed by atoms with E-state index in [1.54, 1.807) is 0 Å². The molecule has 10 aromatic carbocycles. The lowest BCUT2D eigenvalue weighted by Gasteiger charge is -2.21. The van der Waals surface area contributed by atoms with Gasteiger partial charge in [-0.3, -0.25) is 13.7 Å². The molecule has 14 aromatic rings. The Kier molecular flexibility index (Phi) is 8.83. The first kappa shape index (κ1) is 39.6. The Morgan fingerprint density at radius 3 is 1.76 bits per heavy atom. The van der Waals surface area contributed by atoms with Crippen LogP contribution >= 0.6 is 0 Å². The SMILES string of the molecule is [2H]C([2H])([2H])c1cccc(C([2H])([2H])[2H])c1-c1cccc2c1-[n+]1[c-]n(-c3cccc(Oc4ccc5c6ccccc6n(-c6cc(C(C)(C)C)ccn6)c5c4)c3)c3cccc(c31)-c1ccccc1-c1ccc(-n3c4ccccc4c4ccccc43)cc1-2. The van der Waals surface area contributed by atoms with Crippen LogP contribution in [0, 0.1) is 20.0 Å². The predicted molar refractivity (Wildman–Crippen MR) is 320 cm³/mol. The second kappa shape index (κ2) is 17.4. The third kappa shape index (κ3) is 7.03. The van der Waals surface area contributed by atoms with Crippen LogP contribution in [0.4, 0.5) is 0 Å². The first-order valence-corrected chi connectivity index (χ1v) is 26.4. The first-order chi connectivity index (χ1) is 40.6. The molecule has 6 heteroatoms. The fourth-order valence-electron chi connectivity index (χ4n) is 12.1. The van der Waals surface area contributed by atoms with E-state index in [4.69, 9.17) is 17.9 Å². The van der Waals surface area contributed by atoms with Gasteiger partial charge in [-0.25, -0.2) is 4.98 Å². The van der Waals surface area contributed by atoms with E-state index in [2.05, 4.69) is 200 Å². The lowest BCUT2D eigenvalue weighted by Crippen LogP contribution is -2.32. The molecule has 0 saturated heterocycles. The third-order valence-electron chi connectivity index (χ3n) is 15.7. The number of aryl methyl sites for hydroxylation is 2. The van der Waals surface area contributed by atoms with Gasteiger partial charge in [0, 0.05) is 47.7 Å². The minimum atomic E-state index is -2.68. The van der Waals surface area contributed by atoms with E-state index < -0.39 is 13.7 Å². The zero-order valence-corrected chi connectivity index (χ0v) is 43.1. The van der Waals surface area contributed by atoms with Crippen LogP contribution in [0.1, 0.15) is 45.7 Å². The summed E-state index contributed by atoms with van der Waals surface area (Å²) in [5, 5.41) is 4.45. The van der Waals surface area contributed by atoms with Crippen molar-refractivity contribution in [3.05, 3.63) is 254 Å². The van der Waals surface area contributed by atoms with Crippen LogP contribution in [-0.2, 0) is 5.41 Å². The fraction of sp³-hybridized carbons (Fsp3) is 0.0833. The Bertz CT molecular complexity index is 4950. The first-order valence-electron chi connectivity index (χ1n) is 29.4. The standard InChI is InChI=1S/C72H53N5O/c1-45-18-14-19-46(2)69(45)61-29-16-27-60-62-42-49(76-63-30-11-8-24-55(63)56-25-9-12-31-64(56)76)34-36-54(62)52-22-6-7-23-53(52)59-28-17-33-66-71(59)75(70(60)61)44-74(66)48-20-15-21-50(41-48)78-51-35-37-58-57-26-10-13-32-65(57)77(67(58)43-51)68-40-47(38-39-73-68)72(3,4)5/h6-43H,1-5H3/i1D3,2D3. The second-order valence-electron chi connectivity index (χ2n) is 21.3. The molecule has 1 aliphatic heterocycles. The van der Waals surface area contributed by atoms with Crippen molar-refractivity contribution in [2.75, 3.05) is 0 Å². The minimum absolute atomic E-state index is 0.0606. The molecule has 372 valence electrons. The number of rotatable bonds is 6. The van der Waals surface area contributed by atoms with Crippen molar-refractivity contribution >= 4 is 54.6 Å². The average molecular weight is 1010 g/mol. The Morgan fingerprint density at radius 2 is 1.03 bits per heavy atom. The number of aromatic nitrogens is 5. The highest BCUT2D eigenvalue weighted by Gasteiger charge is 2.28. The number of hydrogen-bond acceptors (Lipinski definition) is 2. The van der Waals surface area contributed by atoms with E-state index in [0.717, 1.165) is 105 Å². The van der Waals surface area contributed by atoms with Gasteiger partial charge in [-0.15, -0.1) is 0 Å². The highest BCUT2D eigenvalue weighted by molar-refractivity contribution is 6.11. The van der Waals surface area contributed by atoms with E-state index >= 15 is 0 Å². The van der Waals surface area contributed by atoms with E-state index in [0.29, 0.717) is 22.7 Å². The maximum absolute atomic E-state index is 8.97. The summed E-state index contributed by atoms with van der Waals surface area (Å²) in [5.41, 5.74) is 14.9. The quantitative estimate of drug-likeness (QED) is 0.123. The predicted octanol–water partition coefficient (Wildman–Crippen LogP) is 18.0. The Labute approximate surface area is 461 Å². The lowest BCUT2D eigenvalue weighted by atomic mass is 9.87. The maximum atomic E-state index is 8.97. The maximum Gasteiger partial charge on any atom is 0.269 e. The van der Waals surface area contributed by atoms with Gasteiger partial charge in [-0.1, -0.05) is 166 Å². The highest BCUT2D eigenvalue weighted by Crippen LogP contribution is 2.47. The number of para-hydroxylation sites is 5. The van der Waals surface area contributed by atoms with Crippen LogP contribution in [0.15, 0.2) is 231 Å². The molecule has 0 unspecified atom stereocenters. The van der Waals surface area contributed by atoms with Gasteiger partial charge in [0.05, 0.1) is 44.5 Å². The Morgan fingerprint density at radius 1 is 0.449 bits per heavy atom. The van der Waals surface area contributed by atoms with Gasteiger partial charge in [-0.2, -0.15) is 0 Å². The van der Waals surface area contributed by atoms with Gasteiger partial charge in [0.15, 0.2) is 0 Å². The van der Waals surface area contributed by atoms with Crippen molar-refractivity contribution in [1.29, 1.82) is 0 Å². The van der Waals surface area contributed by atoms with Crippen LogP contribution in [0.25, 0.3) is 122 Å². The number of hydrogen-bond donors (Lipinski definition) is 0. The molecule has 0 bridgehead atoms. The topological polar surface area (TPSA) is 40.8 Å². The molecule has 0 spiro atoms. The van der Waals surface area contributed by atoms with Crippen molar-refractivity contribution < 1.29 is 17.5 Å². The number of benzene rings is 10. The molecule has 1 aliphatic rings. The Hall–Kier alpha value is -9.78. The van der Waals surface area contributed by atoms with Crippen LogP contribution < -0.4 is 9.30 Å². The summed E-state index contributed by atoms with van der Waals surface area (Å²) in [6.45, 7) is 1.26. The molecule has 6 nitrogen and oxygen atoms in total. The van der Waals surface area contributed by atoms with E-state index in [9.17, 15) is 0 Å². The third-order valence-corrected chi connectivity index (χ3v) is 15.7. The van der Waals surface area contributed by atoms with E-state index in [-0.39, 0.29) is 22.1 Å². The van der Waals surface area contributed by atoms with Crippen LogP contribution in [0.2, 0.25) is 0 Å². The normalized spacial score (nSPS) is 13.6. The summed E-state index contributed by atoms with van der Waals surface area (Å²) in [7, 11) is 0. The van der Waals surface area contributed by atoms with Crippen molar-refractivity contribution in [1.82, 2.24) is 18.7 Å². The molecule has 0 radical (unpaired) electrons. The number of ether oxygens (including phenoxy) is 1. The van der Waals surface area contributed by atoms with Crippen molar-refractivity contribution in [3.8, 4) is 78.9 Å². The molecule has 4 aromatic heterocycles. The average Bonchev–Trinajstić information content (AvgIpc) is 2.88. The monoisotopic (exact) mass is 1010 g/mol. The molecule has 0 aliphatic carbocycles. The van der Waals surface area contributed by atoms with Gasteiger partial charge in [0.2, 0.25) is 0 Å². The molecule has 0 amide bonds. The lowest BCUT2D eigenvalue weighted by molar-refractivity contribution is -0.570.